The maximum atomic E-state index is 12.1. The predicted octanol–water partition coefficient (Wildman–Crippen LogP) is 2.48. The van der Waals surface area contributed by atoms with Crippen molar-refractivity contribution in [3.05, 3.63) is 29.8 Å². The zero-order chi connectivity index (χ0) is 11.1. The van der Waals surface area contributed by atoms with Gasteiger partial charge < -0.3 is 10.5 Å². The number of halogens is 2. The molecule has 82 valence electrons. The van der Waals surface area contributed by atoms with Crippen molar-refractivity contribution in [3.8, 4) is 5.75 Å². The van der Waals surface area contributed by atoms with E-state index in [9.17, 15) is 8.78 Å². The first kappa shape index (κ1) is 10.4. The molecule has 1 aromatic carbocycles. The highest BCUT2D eigenvalue weighted by molar-refractivity contribution is 5.43. The largest absolute Gasteiger partial charge is 0.434 e. The fraction of sp³-hybridized carbons (Fsp3) is 0.455. The lowest BCUT2D eigenvalue weighted by Gasteiger charge is -2.16. The Morgan fingerprint density at radius 3 is 2.60 bits per heavy atom. The first-order chi connectivity index (χ1) is 7.04. The van der Waals surface area contributed by atoms with Gasteiger partial charge in [0.05, 0.1) is 0 Å². The number of nitrogens with two attached hydrogens (primary N) is 1. The summed E-state index contributed by atoms with van der Waals surface area (Å²) in [6, 6.07) is 6.73. The van der Waals surface area contributed by atoms with Crippen LogP contribution in [0.15, 0.2) is 24.3 Å². The Morgan fingerprint density at radius 1 is 1.47 bits per heavy atom. The van der Waals surface area contributed by atoms with Crippen molar-refractivity contribution in [2.75, 3.05) is 0 Å². The molecule has 4 heteroatoms. The first-order valence-electron chi connectivity index (χ1n) is 4.87. The van der Waals surface area contributed by atoms with E-state index in [1.165, 1.54) is 6.07 Å². The van der Waals surface area contributed by atoms with Crippen LogP contribution >= 0.6 is 0 Å². The molecule has 0 spiro atoms. The minimum atomic E-state index is -2.80. The Kier molecular flexibility index (Phi) is 2.38. The van der Waals surface area contributed by atoms with Gasteiger partial charge in [-0.1, -0.05) is 25.1 Å². The van der Waals surface area contributed by atoms with E-state index in [1.54, 1.807) is 18.2 Å². The topological polar surface area (TPSA) is 35.2 Å². The number of para-hydroxylation sites is 1. The number of benzene rings is 1. The second-order valence-corrected chi connectivity index (χ2v) is 4.02. The van der Waals surface area contributed by atoms with Gasteiger partial charge in [0, 0.05) is 11.1 Å². The summed E-state index contributed by atoms with van der Waals surface area (Å²) in [6.45, 7) is -0.803. The summed E-state index contributed by atoms with van der Waals surface area (Å²) >= 11 is 0. The van der Waals surface area contributed by atoms with Crippen LogP contribution in [-0.4, -0.2) is 6.61 Å². The zero-order valence-electron chi connectivity index (χ0n) is 8.41. The molecule has 0 aromatic heterocycles. The maximum absolute atomic E-state index is 12.1. The van der Waals surface area contributed by atoms with Crippen molar-refractivity contribution in [2.24, 2.45) is 11.7 Å². The molecule has 2 rings (SSSR count). The molecule has 0 saturated heterocycles. The average molecular weight is 213 g/mol. The number of alkyl halides is 2. The molecule has 1 aliphatic carbocycles. The molecule has 0 bridgehead atoms. The van der Waals surface area contributed by atoms with Gasteiger partial charge in [0.15, 0.2) is 0 Å². The van der Waals surface area contributed by atoms with Crippen LogP contribution in [0.2, 0.25) is 0 Å². The van der Waals surface area contributed by atoms with E-state index < -0.39 is 12.2 Å². The number of hydrogen-bond donors (Lipinski definition) is 1. The fourth-order valence-electron chi connectivity index (χ4n) is 1.87. The van der Waals surface area contributed by atoms with Crippen LogP contribution < -0.4 is 10.5 Å². The summed E-state index contributed by atoms with van der Waals surface area (Å²) in [6.07, 6.45) is 0.816. The SMILES string of the molecule is CC1CC1(N)c1ccccc1OC(F)F. The van der Waals surface area contributed by atoms with Gasteiger partial charge in [-0.15, -0.1) is 0 Å². The smallest absolute Gasteiger partial charge is 0.387 e. The Balaban J connectivity index is 2.31. The van der Waals surface area contributed by atoms with Gasteiger partial charge in [-0.25, -0.2) is 0 Å². The van der Waals surface area contributed by atoms with Gasteiger partial charge in [0.25, 0.3) is 0 Å². The molecule has 15 heavy (non-hydrogen) atoms. The van der Waals surface area contributed by atoms with E-state index in [1.807, 2.05) is 6.92 Å². The second kappa shape index (κ2) is 3.45. The van der Waals surface area contributed by atoms with Crippen LogP contribution in [0.4, 0.5) is 8.78 Å². The number of hydrogen-bond acceptors (Lipinski definition) is 2. The van der Waals surface area contributed by atoms with Crippen LogP contribution in [-0.2, 0) is 5.54 Å². The van der Waals surface area contributed by atoms with E-state index in [4.69, 9.17) is 5.73 Å². The summed E-state index contributed by atoms with van der Waals surface area (Å²) < 4.78 is 28.7. The van der Waals surface area contributed by atoms with Crippen LogP contribution in [0.1, 0.15) is 18.9 Å². The zero-order valence-corrected chi connectivity index (χ0v) is 8.41. The highest BCUT2D eigenvalue weighted by Crippen LogP contribution is 2.51. The van der Waals surface area contributed by atoms with Crippen LogP contribution in [0.5, 0.6) is 5.75 Å². The lowest BCUT2D eigenvalue weighted by Crippen LogP contribution is -2.23. The van der Waals surface area contributed by atoms with Gasteiger partial charge >= 0.3 is 6.61 Å². The molecule has 0 amide bonds. The number of rotatable bonds is 3. The summed E-state index contributed by atoms with van der Waals surface area (Å²) in [7, 11) is 0. The van der Waals surface area contributed by atoms with Gasteiger partial charge in [-0.2, -0.15) is 8.78 Å². The van der Waals surface area contributed by atoms with E-state index in [0.717, 1.165) is 6.42 Å². The van der Waals surface area contributed by atoms with Crippen molar-refractivity contribution < 1.29 is 13.5 Å². The van der Waals surface area contributed by atoms with Crippen molar-refractivity contribution in [2.45, 2.75) is 25.5 Å². The Hall–Kier alpha value is -1.16. The van der Waals surface area contributed by atoms with Crippen LogP contribution in [0, 0.1) is 5.92 Å². The summed E-state index contributed by atoms with van der Waals surface area (Å²) in [4.78, 5) is 0. The molecule has 2 N–H and O–H groups in total. The lowest BCUT2D eigenvalue weighted by atomic mass is 10.0. The molecular formula is C11H13F2NO. The maximum Gasteiger partial charge on any atom is 0.387 e. The molecule has 1 saturated carbocycles. The monoisotopic (exact) mass is 213 g/mol. The van der Waals surface area contributed by atoms with Crippen molar-refractivity contribution in [3.63, 3.8) is 0 Å². The van der Waals surface area contributed by atoms with E-state index in [2.05, 4.69) is 4.74 Å². The lowest BCUT2D eigenvalue weighted by molar-refractivity contribution is -0.0507. The van der Waals surface area contributed by atoms with Gasteiger partial charge in [0.1, 0.15) is 5.75 Å². The summed E-state index contributed by atoms with van der Waals surface area (Å²) in [5.74, 6) is 0.513. The standard InChI is InChI=1S/C11H13F2NO/c1-7-6-11(7,14)8-4-2-3-5-9(8)15-10(12)13/h2-5,7,10H,6,14H2,1H3. The third-order valence-electron chi connectivity index (χ3n) is 2.97. The normalized spacial score (nSPS) is 29.3. The third kappa shape index (κ3) is 1.81. The van der Waals surface area contributed by atoms with Gasteiger partial charge in [0.2, 0.25) is 0 Å². The third-order valence-corrected chi connectivity index (χ3v) is 2.97. The van der Waals surface area contributed by atoms with Gasteiger partial charge in [-0.05, 0) is 18.4 Å². The van der Waals surface area contributed by atoms with E-state index >= 15 is 0 Å². The molecule has 1 fully saturated rings. The molecule has 1 aliphatic rings. The van der Waals surface area contributed by atoms with Gasteiger partial charge in [-0.3, -0.25) is 0 Å². The second-order valence-electron chi connectivity index (χ2n) is 4.02. The van der Waals surface area contributed by atoms with E-state index in [-0.39, 0.29) is 5.75 Å². The minimum absolute atomic E-state index is 0.194. The molecule has 1 aromatic rings. The highest BCUT2D eigenvalue weighted by atomic mass is 19.3. The summed E-state index contributed by atoms with van der Waals surface area (Å²) in [5.41, 5.74) is 6.26. The minimum Gasteiger partial charge on any atom is -0.434 e. The Bertz CT molecular complexity index is 369. The number of ether oxygens (including phenoxy) is 1. The highest BCUT2D eigenvalue weighted by Gasteiger charge is 2.50. The molecule has 2 unspecified atom stereocenters. The van der Waals surface area contributed by atoms with Crippen molar-refractivity contribution in [1.29, 1.82) is 0 Å². The Morgan fingerprint density at radius 2 is 2.07 bits per heavy atom. The molecule has 2 nitrogen and oxygen atoms in total. The molecule has 0 aliphatic heterocycles. The molecule has 0 radical (unpaired) electrons. The van der Waals surface area contributed by atoms with Crippen molar-refractivity contribution in [1.82, 2.24) is 0 Å². The summed E-state index contributed by atoms with van der Waals surface area (Å²) in [5, 5.41) is 0. The molecule has 0 heterocycles. The molecular weight excluding hydrogens is 200 g/mol. The van der Waals surface area contributed by atoms with E-state index in [0.29, 0.717) is 11.5 Å². The Labute approximate surface area is 87.0 Å². The molecule has 2 atom stereocenters. The predicted molar refractivity (Wildman–Crippen MR) is 52.7 cm³/mol. The first-order valence-corrected chi connectivity index (χ1v) is 4.87. The van der Waals surface area contributed by atoms with Crippen molar-refractivity contribution >= 4 is 0 Å². The van der Waals surface area contributed by atoms with Crippen LogP contribution in [0.3, 0.4) is 0 Å². The quantitative estimate of drug-likeness (QED) is 0.837. The fourth-order valence-corrected chi connectivity index (χ4v) is 1.87. The average Bonchev–Trinajstić information content (AvgIpc) is 2.75. The van der Waals surface area contributed by atoms with Crippen LogP contribution in [0.25, 0.3) is 0 Å².